The number of esters is 1. The largest absolute Gasteiger partial charge is 0.462 e. The second kappa shape index (κ2) is 8.08. The molecule has 0 saturated heterocycles. The van der Waals surface area contributed by atoms with Crippen LogP contribution in [0.2, 0.25) is 0 Å². The molecule has 0 radical (unpaired) electrons. The first-order valence-electron chi connectivity index (χ1n) is 7.25. The number of imidazole rings is 1. The van der Waals surface area contributed by atoms with Gasteiger partial charge in [0.1, 0.15) is 19.4 Å². The van der Waals surface area contributed by atoms with Crippen molar-refractivity contribution in [2.24, 2.45) is 5.92 Å². The maximum Gasteiger partial charge on any atom is 0.324 e. The quantitative estimate of drug-likeness (QED) is 0.340. The monoisotopic (exact) mass is 358 g/mol. The van der Waals surface area contributed by atoms with Crippen molar-refractivity contribution in [3.63, 3.8) is 0 Å². The van der Waals surface area contributed by atoms with Crippen LogP contribution in [-0.4, -0.2) is 44.7 Å². The van der Waals surface area contributed by atoms with Gasteiger partial charge in [-0.1, -0.05) is 13.8 Å². The average Bonchev–Trinajstić information content (AvgIpc) is 2.90. The lowest BCUT2D eigenvalue weighted by molar-refractivity contribution is -0.148. The lowest BCUT2D eigenvalue weighted by Crippen LogP contribution is -2.37. The molecule has 2 aromatic heterocycles. The van der Waals surface area contributed by atoms with Gasteiger partial charge in [0.15, 0.2) is 11.2 Å². The number of halogens is 1. The molecule has 0 aliphatic rings. The second-order valence-electron chi connectivity index (χ2n) is 5.37. The molecule has 10 nitrogen and oxygen atoms in total. The van der Waals surface area contributed by atoms with Crippen LogP contribution in [0.5, 0.6) is 0 Å². The molecule has 0 saturated carbocycles. The van der Waals surface area contributed by atoms with E-state index in [0.29, 0.717) is 5.65 Å². The summed E-state index contributed by atoms with van der Waals surface area (Å²) in [7, 11) is 0. The van der Waals surface area contributed by atoms with E-state index < -0.39 is 17.6 Å². The van der Waals surface area contributed by atoms with E-state index in [1.54, 1.807) is 0 Å². The Kier molecular flexibility index (Phi) is 6.12. The molecule has 0 amide bonds. The normalized spacial score (nSPS) is 12.7. The number of hydrogen-bond acceptors (Lipinski definition) is 8. The zero-order valence-corrected chi connectivity index (χ0v) is 14.0. The van der Waals surface area contributed by atoms with E-state index in [1.807, 2.05) is 13.8 Å². The van der Waals surface area contributed by atoms with Gasteiger partial charge >= 0.3 is 5.97 Å². The fourth-order valence-corrected chi connectivity index (χ4v) is 2.30. The molecule has 4 N–H and O–H groups in total. The Morgan fingerprint density at radius 3 is 2.92 bits per heavy atom. The van der Waals surface area contributed by atoms with Gasteiger partial charge in [-0.2, -0.15) is 4.98 Å². The Hall–Kier alpha value is -2.17. The Morgan fingerprint density at radius 2 is 2.25 bits per heavy atom. The van der Waals surface area contributed by atoms with E-state index in [2.05, 4.69) is 19.8 Å². The van der Waals surface area contributed by atoms with Gasteiger partial charge in [0.25, 0.3) is 5.56 Å². The van der Waals surface area contributed by atoms with Crippen LogP contribution in [0, 0.1) is 5.92 Å². The molecule has 0 fully saturated rings. The van der Waals surface area contributed by atoms with Gasteiger partial charge in [0.05, 0.1) is 12.9 Å². The number of anilines is 1. The summed E-state index contributed by atoms with van der Waals surface area (Å²) in [6, 6.07) is -0.580. The van der Waals surface area contributed by atoms with E-state index in [1.165, 1.54) is 10.9 Å². The topological polar surface area (TPSA) is 137 Å². The van der Waals surface area contributed by atoms with Gasteiger partial charge in [-0.15, -0.1) is 0 Å². The number of nitrogen functional groups attached to an aromatic ring is 1. The first kappa shape index (κ1) is 18.2. The molecule has 132 valence electrons. The standard InChI is InChI=1S/C13H19ClN6O4/c1-7(2)8(19-14)12(22)24-4-3-23-6-20-5-16-9-10(20)17-13(15)18-11(9)21/h5,7-8,19H,3-4,6H2,1-2H3,(H3,15,17,18,21)/t8-/m0/s1. The summed E-state index contributed by atoms with van der Waals surface area (Å²) in [6.07, 6.45) is 1.42. The van der Waals surface area contributed by atoms with Crippen LogP contribution in [0.1, 0.15) is 13.8 Å². The number of nitrogens with zero attached hydrogens (tertiary/aromatic N) is 3. The molecular weight excluding hydrogens is 340 g/mol. The number of aromatic nitrogens is 4. The molecule has 0 aliphatic heterocycles. The SMILES string of the molecule is CC(C)[C@H](NCl)C(=O)OCCOCn1cnc2c(=O)[nH]c(N)nc21. The van der Waals surface area contributed by atoms with Crippen LogP contribution in [0.3, 0.4) is 0 Å². The second-order valence-corrected chi connectivity index (χ2v) is 5.59. The highest BCUT2D eigenvalue weighted by molar-refractivity contribution is 6.14. The lowest BCUT2D eigenvalue weighted by Gasteiger charge is -2.17. The first-order valence-corrected chi connectivity index (χ1v) is 7.63. The first-order chi connectivity index (χ1) is 11.4. The fourth-order valence-electron chi connectivity index (χ4n) is 1.96. The van der Waals surface area contributed by atoms with Gasteiger partial charge in [0, 0.05) is 0 Å². The smallest absolute Gasteiger partial charge is 0.324 e. The highest BCUT2D eigenvalue weighted by Gasteiger charge is 2.22. The van der Waals surface area contributed by atoms with Crippen molar-refractivity contribution in [2.45, 2.75) is 26.6 Å². The molecular formula is C13H19ClN6O4. The van der Waals surface area contributed by atoms with E-state index in [-0.39, 0.29) is 37.3 Å². The Bertz CT molecular complexity index is 758. The number of nitrogens with one attached hydrogen (secondary N) is 2. The van der Waals surface area contributed by atoms with E-state index in [0.717, 1.165) is 0 Å². The van der Waals surface area contributed by atoms with Crippen LogP contribution in [0.4, 0.5) is 5.95 Å². The third-order valence-electron chi connectivity index (χ3n) is 3.23. The Morgan fingerprint density at radius 1 is 1.50 bits per heavy atom. The molecule has 2 rings (SSSR count). The number of nitrogens with two attached hydrogens (primary N) is 1. The van der Waals surface area contributed by atoms with Crippen molar-refractivity contribution in [1.82, 2.24) is 24.4 Å². The van der Waals surface area contributed by atoms with Crippen LogP contribution in [0.25, 0.3) is 11.2 Å². The molecule has 0 bridgehead atoms. The van der Waals surface area contributed by atoms with E-state index in [9.17, 15) is 9.59 Å². The molecule has 2 heterocycles. The van der Waals surface area contributed by atoms with Crippen molar-refractivity contribution in [2.75, 3.05) is 18.9 Å². The maximum absolute atomic E-state index is 11.8. The molecule has 24 heavy (non-hydrogen) atoms. The fraction of sp³-hybridized carbons (Fsp3) is 0.538. The number of carbonyl (C=O) groups is 1. The van der Waals surface area contributed by atoms with Gasteiger partial charge < -0.3 is 15.2 Å². The summed E-state index contributed by atoms with van der Waals surface area (Å²) in [5, 5.41) is 0. The number of hydrogen-bond donors (Lipinski definition) is 3. The molecule has 0 aromatic carbocycles. The predicted octanol–water partition coefficient (Wildman–Crippen LogP) is -0.0129. The Balaban J connectivity index is 1.83. The van der Waals surface area contributed by atoms with Crippen molar-refractivity contribution >= 4 is 34.9 Å². The number of fused-ring (bicyclic) bond motifs is 1. The lowest BCUT2D eigenvalue weighted by atomic mass is 10.1. The summed E-state index contributed by atoms with van der Waals surface area (Å²) in [5.74, 6) is -0.447. The summed E-state index contributed by atoms with van der Waals surface area (Å²) in [5.41, 5.74) is 5.58. The van der Waals surface area contributed by atoms with Crippen LogP contribution < -0.4 is 16.1 Å². The highest BCUT2D eigenvalue weighted by Crippen LogP contribution is 2.07. The molecule has 0 spiro atoms. The number of rotatable bonds is 8. The van der Waals surface area contributed by atoms with Crippen molar-refractivity contribution in [3.05, 3.63) is 16.7 Å². The average molecular weight is 359 g/mol. The van der Waals surface area contributed by atoms with Crippen LogP contribution in [-0.2, 0) is 21.0 Å². The minimum atomic E-state index is -0.580. The molecule has 2 aromatic rings. The highest BCUT2D eigenvalue weighted by atomic mass is 35.5. The molecule has 0 unspecified atom stereocenters. The number of carbonyl (C=O) groups excluding carboxylic acids is 1. The van der Waals surface area contributed by atoms with E-state index >= 15 is 0 Å². The number of aromatic amines is 1. The minimum Gasteiger partial charge on any atom is -0.462 e. The summed E-state index contributed by atoms with van der Waals surface area (Å²) in [6.45, 7) is 4.02. The summed E-state index contributed by atoms with van der Waals surface area (Å²) < 4.78 is 12.0. The van der Waals surface area contributed by atoms with E-state index in [4.69, 9.17) is 27.0 Å². The molecule has 0 aliphatic carbocycles. The third kappa shape index (κ3) is 4.22. The molecule has 11 heteroatoms. The van der Waals surface area contributed by atoms with Crippen LogP contribution >= 0.6 is 11.8 Å². The zero-order valence-electron chi connectivity index (χ0n) is 13.3. The van der Waals surface area contributed by atoms with Crippen molar-refractivity contribution < 1.29 is 14.3 Å². The number of ether oxygens (including phenoxy) is 2. The van der Waals surface area contributed by atoms with Gasteiger partial charge in [-0.05, 0) is 17.7 Å². The Labute approximate surface area is 142 Å². The van der Waals surface area contributed by atoms with Crippen LogP contribution in [0.15, 0.2) is 11.1 Å². The van der Waals surface area contributed by atoms with Gasteiger partial charge in [0.2, 0.25) is 5.95 Å². The van der Waals surface area contributed by atoms with Crippen molar-refractivity contribution in [3.8, 4) is 0 Å². The zero-order chi connectivity index (χ0) is 17.7. The summed E-state index contributed by atoms with van der Waals surface area (Å²) >= 11 is 5.51. The maximum atomic E-state index is 11.8. The van der Waals surface area contributed by atoms with Gasteiger partial charge in [-0.3, -0.25) is 19.1 Å². The van der Waals surface area contributed by atoms with Gasteiger partial charge in [-0.25, -0.2) is 9.82 Å². The number of H-pyrrole nitrogens is 1. The molecule has 1 atom stereocenters. The predicted molar refractivity (Wildman–Crippen MR) is 87.1 cm³/mol. The minimum absolute atomic E-state index is 0.00264. The summed E-state index contributed by atoms with van der Waals surface area (Å²) in [4.78, 5) is 36.1. The van der Waals surface area contributed by atoms with Crippen molar-refractivity contribution in [1.29, 1.82) is 0 Å². The third-order valence-corrected chi connectivity index (χ3v) is 3.47.